The van der Waals surface area contributed by atoms with Crippen LogP contribution in [0.4, 0.5) is 5.95 Å². The van der Waals surface area contributed by atoms with Crippen molar-refractivity contribution in [3.63, 3.8) is 0 Å². The zero-order valence-electron chi connectivity index (χ0n) is 10.00. The topological polar surface area (TPSA) is 98.4 Å². The second-order valence-corrected chi connectivity index (χ2v) is 3.96. The number of anilines is 1. The van der Waals surface area contributed by atoms with Crippen molar-refractivity contribution in [3.05, 3.63) is 18.0 Å². The van der Waals surface area contributed by atoms with E-state index in [9.17, 15) is 9.59 Å². The van der Waals surface area contributed by atoms with Crippen molar-refractivity contribution in [2.45, 2.75) is 19.4 Å². The predicted octanol–water partition coefficient (Wildman–Crippen LogP) is -0.283. The van der Waals surface area contributed by atoms with Crippen molar-refractivity contribution in [1.82, 2.24) is 9.97 Å². The summed E-state index contributed by atoms with van der Waals surface area (Å²) in [6, 6.07) is -0.189. The van der Waals surface area contributed by atoms with Gasteiger partial charge in [0.1, 0.15) is 0 Å². The summed E-state index contributed by atoms with van der Waals surface area (Å²) in [6.45, 7) is 2.41. The summed E-state index contributed by atoms with van der Waals surface area (Å²) in [5.74, 6) is -0.319. The Morgan fingerprint density at radius 3 is 2.72 bits per heavy atom. The minimum atomic E-state index is -0.478. The van der Waals surface area contributed by atoms with Crippen LogP contribution in [0.2, 0.25) is 0 Å². The van der Waals surface area contributed by atoms with E-state index in [1.165, 1.54) is 17.3 Å². The van der Waals surface area contributed by atoms with Crippen molar-refractivity contribution < 1.29 is 14.3 Å². The third-order valence-electron chi connectivity index (χ3n) is 2.55. The van der Waals surface area contributed by atoms with E-state index in [4.69, 9.17) is 10.5 Å². The standard InChI is InChI=1S/C11H14N4O3/c1-2-18-10(17)7-4-13-11(14-5-7)15-6-8(12)3-9(15)16/h4-5,8H,2-3,6,12H2,1H3. The predicted molar refractivity (Wildman–Crippen MR) is 62.9 cm³/mol. The first kappa shape index (κ1) is 12.4. The second-order valence-electron chi connectivity index (χ2n) is 3.96. The summed E-state index contributed by atoms with van der Waals surface area (Å²) in [5.41, 5.74) is 5.94. The van der Waals surface area contributed by atoms with E-state index in [1.54, 1.807) is 6.92 Å². The van der Waals surface area contributed by atoms with Crippen LogP contribution < -0.4 is 10.6 Å². The lowest BCUT2D eigenvalue weighted by Crippen LogP contribution is -2.29. The van der Waals surface area contributed by atoms with Crippen molar-refractivity contribution in [3.8, 4) is 0 Å². The third-order valence-corrected chi connectivity index (χ3v) is 2.55. The molecule has 0 saturated carbocycles. The van der Waals surface area contributed by atoms with Gasteiger partial charge >= 0.3 is 5.97 Å². The van der Waals surface area contributed by atoms with Gasteiger partial charge in [-0.3, -0.25) is 9.69 Å². The lowest BCUT2D eigenvalue weighted by Gasteiger charge is -2.13. The van der Waals surface area contributed by atoms with E-state index in [2.05, 4.69) is 9.97 Å². The molecule has 2 rings (SSSR count). The molecule has 1 atom stereocenters. The molecule has 7 nitrogen and oxygen atoms in total. The molecule has 0 spiro atoms. The summed E-state index contributed by atoms with van der Waals surface area (Å²) >= 11 is 0. The molecule has 0 bridgehead atoms. The number of aromatic nitrogens is 2. The number of esters is 1. The molecule has 2 N–H and O–H groups in total. The normalized spacial score (nSPS) is 19.1. The van der Waals surface area contributed by atoms with E-state index < -0.39 is 5.97 Å². The number of carbonyl (C=O) groups excluding carboxylic acids is 2. The summed E-state index contributed by atoms with van der Waals surface area (Å²) in [6.07, 6.45) is 2.98. The molecule has 0 aliphatic carbocycles. The van der Waals surface area contributed by atoms with Crippen LogP contribution in [0, 0.1) is 0 Å². The zero-order valence-corrected chi connectivity index (χ0v) is 10.00. The number of carbonyl (C=O) groups is 2. The maximum absolute atomic E-state index is 11.6. The molecule has 1 aliphatic rings. The smallest absolute Gasteiger partial charge is 0.341 e. The molecule has 0 radical (unpaired) electrons. The average Bonchev–Trinajstić information content (AvgIpc) is 2.69. The zero-order chi connectivity index (χ0) is 13.1. The minimum Gasteiger partial charge on any atom is -0.462 e. The van der Waals surface area contributed by atoms with Crippen LogP contribution in [-0.2, 0) is 9.53 Å². The minimum absolute atomic E-state index is 0.105. The van der Waals surface area contributed by atoms with Crippen LogP contribution in [0.15, 0.2) is 12.4 Å². The molecule has 1 unspecified atom stereocenters. The lowest BCUT2D eigenvalue weighted by atomic mass is 10.3. The fraction of sp³-hybridized carbons (Fsp3) is 0.455. The number of hydrogen-bond acceptors (Lipinski definition) is 6. The van der Waals surface area contributed by atoms with Crippen LogP contribution in [0.3, 0.4) is 0 Å². The fourth-order valence-corrected chi connectivity index (χ4v) is 1.71. The first-order valence-corrected chi connectivity index (χ1v) is 5.67. The molecular formula is C11H14N4O3. The third kappa shape index (κ3) is 2.45. The number of amides is 1. The molecule has 2 heterocycles. The van der Waals surface area contributed by atoms with Gasteiger partial charge < -0.3 is 10.5 Å². The number of rotatable bonds is 3. The van der Waals surface area contributed by atoms with Crippen molar-refractivity contribution in [2.75, 3.05) is 18.1 Å². The molecular weight excluding hydrogens is 236 g/mol. The molecule has 1 fully saturated rings. The van der Waals surface area contributed by atoms with E-state index in [1.807, 2.05) is 0 Å². The summed E-state index contributed by atoms with van der Waals surface area (Å²) in [4.78, 5) is 32.4. The van der Waals surface area contributed by atoms with Gasteiger partial charge in [0, 0.05) is 31.4 Å². The Morgan fingerprint density at radius 1 is 1.56 bits per heavy atom. The van der Waals surface area contributed by atoms with Crippen LogP contribution in [-0.4, -0.2) is 41.0 Å². The number of ether oxygens (including phenoxy) is 1. The van der Waals surface area contributed by atoms with E-state index >= 15 is 0 Å². The number of nitrogens with two attached hydrogens (primary N) is 1. The molecule has 96 valence electrons. The van der Waals surface area contributed by atoms with E-state index in [0.717, 1.165) is 0 Å². The molecule has 7 heteroatoms. The molecule has 1 aliphatic heterocycles. The summed E-state index contributed by atoms with van der Waals surface area (Å²) in [5, 5.41) is 0. The first-order valence-electron chi connectivity index (χ1n) is 5.67. The Morgan fingerprint density at radius 2 is 2.22 bits per heavy atom. The van der Waals surface area contributed by atoms with Crippen LogP contribution >= 0.6 is 0 Å². The molecule has 1 saturated heterocycles. The van der Waals surface area contributed by atoms with Gasteiger partial charge in [0.2, 0.25) is 11.9 Å². The number of hydrogen-bond donors (Lipinski definition) is 1. The Bertz CT molecular complexity index is 460. The molecule has 1 aromatic rings. The number of nitrogens with zero attached hydrogens (tertiary/aromatic N) is 3. The SMILES string of the molecule is CCOC(=O)c1cnc(N2CC(N)CC2=O)nc1. The maximum atomic E-state index is 11.6. The van der Waals surface area contributed by atoms with Crippen molar-refractivity contribution >= 4 is 17.8 Å². The highest BCUT2D eigenvalue weighted by Gasteiger charge is 2.29. The van der Waals surface area contributed by atoms with E-state index in [-0.39, 0.29) is 23.5 Å². The van der Waals surface area contributed by atoms with Gasteiger partial charge in [-0.05, 0) is 6.92 Å². The Hall–Kier alpha value is -2.02. The van der Waals surface area contributed by atoms with Crippen molar-refractivity contribution in [2.24, 2.45) is 5.73 Å². The summed E-state index contributed by atoms with van der Waals surface area (Å²) in [7, 11) is 0. The summed E-state index contributed by atoms with van der Waals surface area (Å²) < 4.78 is 4.81. The average molecular weight is 250 g/mol. The molecule has 1 amide bonds. The van der Waals surface area contributed by atoms with Gasteiger partial charge in [-0.2, -0.15) is 0 Å². The molecule has 1 aromatic heterocycles. The highest BCUT2D eigenvalue weighted by Crippen LogP contribution is 2.16. The maximum Gasteiger partial charge on any atom is 0.341 e. The monoisotopic (exact) mass is 250 g/mol. The van der Waals surface area contributed by atoms with Gasteiger partial charge in [-0.15, -0.1) is 0 Å². The Kier molecular flexibility index (Phi) is 3.52. The Labute approximate surface area is 104 Å². The van der Waals surface area contributed by atoms with Crippen LogP contribution in [0.5, 0.6) is 0 Å². The largest absolute Gasteiger partial charge is 0.462 e. The van der Waals surface area contributed by atoms with Crippen LogP contribution in [0.25, 0.3) is 0 Å². The fourth-order valence-electron chi connectivity index (χ4n) is 1.71. The van der Waals surface area contributed by atoms with Gasteiger partial charge in [-0.1, -0.05) is 0 Å². The Balaban J connectivity index is 2.13. The van der Waals surface area contributed by atoms with Gasteiger partial charge in [0.05, 0.1) is 12.2 Å². The van der Waals surface area contributed by atoms with E-state index in [0.29, 0.717) is 19.6 Å². The molecule has 18 heavy (non-hydrogen) atoms. The van der Waals surface area contributed by atoms with Gasteiger partial charge in [0.25, 0.3) is 0 Å². The highest BCUT2D eigenvalue weighted by atomic mass is 16.5. The first-order chi connectivity index (χ1) is 8.61. The molecule has 0 aromatic carbocycles. The van der Waals surface area contributed by atoms with Gasteiger partial charge in [-0.25, -0.2) is 14.8 Å². The lowest BCUT2D eigenvalue weighted by molar-refractivity contribution is -0.117. The quantitative estimate of drug-likeness (QED) is 0.741. The second kappa shape index (κ2) is 5.09. The van der Waals surface area contributed by atoms with Crippen LogP contribution in [0.1, 0.15) is 23.7 Å². The van der Waals surface area contributed by atoms with Gasteiger partial charge in [0.15, 0.2) is 0 Å². The van der Waals surface area contributed by atoms with Crippen molar-refractivity contribution in [1.29, 1.82) is 0 Å². The highest BCUT2D eigenvalue weighted by molar-refractivity contribution is 5.95.